The summed E-state index contributed by atoms with van der Waals surface area (Å²) in [6.07, 6.45) is 2.53. The Morgan fingerprint density at radius 2 is 1.96 bits per heavy atom. The molecule has 1 aliphatic rings. The molecule has 0 unspecified atom stereocenters. The lowest BCUT2D eigenvalue weighted by atomic mass is 10.2. The van der Waals surface area contributed by atoms with Gasteiger partial charge in [0, 0.05) is 18.0 Å². The maximum atomic E-state index is 13.6. The SMILES string of the molecule is C[C@@H](Nc1nc(NCc2cccc(F)c2Cl)nc2ccccc12)C1CC1. The second-order valence-corrected chi connectivity index (χ2v) is 7.13. The van der Waals surface area contributed by atoms with Gasteiger partial charge in [-0.2, -0.15) is 4.98 Å². The minimum Gasteiger partial charge on any atom is -0.367 e. The van der Waals surface area contributed by atoms with E-state index in [2.05, 4.69) is 27.5 Å². The Labute approximate surface area is 156 Å². The Bertz CT molecular complexity index is 942. The molecule has 0 spiro atoms. The van der Waals surface area contributed by atoms with Crippen LogP contribution in [-0.2, 0) is 6.54 Å². The molecule has 134 valence electrons. The summed E-state index contributed by atoms with van der Waals surface area (Å²) >= 11 is 6.03. The molecule has 3 aromatic rings. The van der Waals surface area contributed by atoms with Gasteiger partial charge in [0.15, 0.2) is 0 Å². The fourth-order valence-corrected chi connectivity index (χ4v) is 3.25. The van der Waals surface area contributed by atoms with Gasteiger partial charge in [-0.1, -0.05) is 35.9 Å². The Morgan fingerprint density at radius 1 is 1.15 bits per heavy atom. The number of nitrogens with one attached hydrogen (secondary N) is 2. The third-order valence-electron chi connectivity index (χ3n) is 4.77. The highest BCUT2D eigenvalue weighted by molar-refractivity contribution is 6.31. The van der Waals surface area contributed by atoms with E-state index in [4.69, 9.17) is 11.6 Å². The first-order valence-corrected chi connectivity index (χ1v) is 9.19. The highest BCUT2D eigenvalue weighted by Gasteiger charge is 2.28. The second kappa shape index (κ2) is 7.08. The number of benzene rings is 2. The van der Waals surface area contributed by atoms with Crippen LogP contribution in [0.4, 0.5) is 16.2 Å². The summed E-state index contributed by atoms with van der Waals surface area (Å²) < 4.78 is 13.6. The Kier molecular flexibility index (Phi) is 4.64. The fourth-order valence-electron chi connectivity index (χ4n) is 3.05. The van der Waals surface area contributed by atoms with Crippen molar-refractivity contribution in [1.29, 1.82) is 0 Å². The van der Waals surface area contributed by atoms with Gasteiger partial charge in [-0.05, 0) is 49.4 Å². The minimum absolute atomic E-state index is 0.126. The van der Waals surface area contributed by atoms with Gasteiger partial charge in [-0.15, -0.1) is 0 Å². The monoisotopic (exact) mass is 370 g/mol. The third kappa shape index (κ3) is 3.58. The number of aromatic nitrogens is 2. The molecular weight excluding hydrogens is 351 g/mol. The fraction of sp³-hybridized carbons (Fsp3) is 0.300. The summed E-state index contributed by atoms with van der Waals surface area (Å²) in [5.74, 6) is 1.61. The molecule has 4 nitrogen and oxygen atoms in total. The number of rotatable bonds is 6. The van der Waals surface area contributed by atoms with E-state index in [0.29, 0.717) is 30.0 Å². The molecule has 0 bridgehead atoms. The van der Waals surface area contributed by atoms with Crippen LogP contribution < -0.4 is 10.6 Å². The number of hydrogen-bond acceptors (Lipinski definition) is 4. The molecule has 0 aliphatic heterocycles. The first-order chi connectivity index (χ1) is 12.6. The largest absolute Gasteiger partial charge is 0.367 e. The van der Waals surface area contributed by atoms with E-state index in [9.17, 15) is 4.39 Å². The van der Waals surface area contributed by atoms with Crippen molar-refractivity contribution in [2.24, 2.45) is 5.92 Å². The van der Waals surface area contributed by atoms with Gasteiger partial charge < -0.3 is 10.6 Å². The summed E-state index contributed by atoms with van der Waals surface area (Å²) in [5.41, 5.74) is 1.53. The molecule has 0 amide bonds. The molecular formula is C20H20ClFN4. The Morgan fingerprint density at radius 3 is 2.77 bits per heavy atom. The van der Waals surface area contributed by atoms with E-state index < -0.39 is 5.82 Å². The molecule has 2 aromatic carbocycles. The zero-order valence-electron chi connectivity index (χ0n) is 14.5. The molecule has 1 aliphatic carbocycles. The number of fused-ring (bicyclic) bond motifs is 1. The van der Waals surface area contributed by atoms with Crippen molar-refractivity contribution in [2.75, 3.05) is 10.6 Å². The average Bonchev–Trinajstić information content (AvgIpc) is 3.48. The summed E-state index contributed by atoms with van der Waals surface area (Å²) in [5, 5.41) is 7.82. The molecule has 26 heavy (non-hydrogen) atoms. The van der Waals surface area contributed by atoms with Gasteiger partial charge in [0.05, 0.1) is 10.5 Å². The number of para-hydroxylation sites is 1. The molecule has 1 fully saturated rings. The minimum atomic E-state index is -0.425. The van der Waals surface area contributed by atoms with Crippen LogP contribution in [0.15, 0.2) is 42.5 Å². The lowest BCUT2D eigenvalue weighted by Gasteiger charge is -2.16. The standard InChI is InChI=1S/C20H20ClFN4/c1-12(13-9-10-13)24-19-15-6-2-3-8-17(15)25-20(26-19)23-11-14-5-4-7-16(22)18(14)21/h2-8,12-13H,9-11H2,1H3,(H2,23,24,25,26)/t12-/m1/s1. The quantitative estimate of drug-likeness (QED) is 0.622. The number of halogens is 2. The van der Waals surface area contributed by atoms with E-state index in [0.717, 1.165) is 16.7 Å². The van der Waals surface area contributed by atoms with Crippen molar-refractivity contribution in [1.82, 2.24) is 9.97 Å². The summed E-state index contributed by atoms with van der Waals surface area (Å²) in [6.45, 7) is 2.54. The van der Waals surface area contributed by atoms with Crippen molar-refractivity contribution in [3.63, 3.8) is 0 Å². The lowest BCUT2D eigenvalue weighted by Crippen LogP contribution is -2.19. The lowest BCUT2D eigenvalue weighted by molar-refractivity contribution is 0.626. The molecule has 1 aromatic heterocycles. The molecule has 1 atom stereocenters. The first kappa shape index (κ1) is 17.0. The zero-order chi connectivity index (χ0) is 18.1. The number of hydrogen-bond donors (Lipinski definition) is 2. The van der Waals surface area contributed by atoms with E-state index >= 15 is 0 Å². The predicted octanol–water partition coefficient (Wildman–Crippen LogP) is 5.24. The maximum absolute atomic E-state index is 13.6. The maximum Gasteiger partial charge on any atom is 0.225 e. The molecule has 6 heteroatoms. The first-order valence-electron chi connectivity index (χ1n) is 8.82. The van der Waals surface area contributed by atoms with Crippen LogP contribution in [0, 0.1) is 11.7 Å². The van der Waals surface area contributed by atoms with Gasteiger partial charge in [0.2, 0.25) is 5.95 Å². The number of nitrogens with zero attached hydrogens (tertiary/aromatic N) is 2. The van der Waals surface area contributed by atoms with Crippen molar-refractivity contribution in [2.45, 2.75) is 32.4 Å². The van der Waals surface area contributed by atoms with Crippen molar-refractivity contribution >= 4 is 34.3 Å². The Balaban J connectivity index is 1.61. The van der Waals surface area contributed by atoms with E-state index in [-0.39, 0.29) is 5.02 Å². The highest BCUT2D eigenvalue weighted by atomic mass is 35.5. The van der Waals surface area contributed by atoms with E-state index in [1.807, 2.05) is 24.3 Å². The molecule has 1 saturated carbocycles. The van der Waals surface area contributed by atoms with Crippen LogP contribution in [0.5, 0.6) is 0 Å². The van der Waals surface area contributed by atoms with Gasteiger partial charge in [0.1, 0.15) is 11.6 Å². The van der Waals surface area contributed by atoms with Crippen LogP contribution in [-0.4, -0.2) is 16.0 Å². The molecule has 4 rings (SSSR count). The molecule has 2 N–H and O–H groups in total. The Hall–Kier alpha value is -2.40. The molecule has 0 saturated heterocycles. The topological polar surface area (TPSA) is 49.8 Å². The smallest absolute Gasteiger partial charge is 0.225 e. The van der Waals surface area contributed by atoms with Crippen molar-refractivity contribution < 1.29 is 4.39 Å². The van der Waals surface area contributed by atoms with Crippen LogP contribution in [0.25, 0.3) is 10.9 Å². The normalized spacial score (nSPS) is 15.0. The average molecular weight is 371 g/mol. The van der Waals surface area contributed by atoms with Gasteiger partial charge >= 0.3 is 0 Å². The highest BCUT2D eigenvalue weighted by Crippen LogP contribution is 2.35. The predicted molar refractivity (Wildman–Crippen MR) is 104 cm³/mol. The number of anilines is 2. The van der Waals surface area contributed by atoms with E-state index in [1.54, 1.807) is 12.1 Å². The second-order valence-electron chi connectivity index (χ2n) is 6.75. The van der Waals surface area contributed by atoms with Gasteiger partial charge in [-0.3, -0.25) is 0 Å². The summed E-state index contributed by atoms with van der Waals surface area (Å²) in [4.78, 5) is 9.22. The van der Waals surface area contributed by atoms with Gasteiger partial charge in [-0.25, -0.2) is 9.37 Å². The van der Waals surface area contributed by atoms with Crippen molar-refractivity contribution in [3.05, 3.63) is 58.9 Å². The van der Waals surface area contributed by atoms with Crippen molar-refractivity contribution in [3.8, 4) is 0 Å². The summed E-state index contributed by atoms with van der Waals surface area (Å²) in [7, 11) is 0. The zero-order valence-corrected chi connectivity index (χ0v) is 15.2. The molecule has 1 heterocycles. The summed E-state index contributed by atoms with van der Waals surface area (Å²) in [6, 6.07) is 13.1. The van der Waals surface area contributed by atoms with Crippen LogP contribution in [0.2, 0.25) is 5.02 Å². The molecule has 0 radical (unpaired) electrons. The third-order valence-corrected chi connectivity index (χ3v) is 5.19. The van der Waals surface area contributed by atoms with E-state index in [1.165, 1.54) is 18.9 Å². The van der Waals surface area contributed by atoms with Crippen LogP contribution >= 0.6 is 11.6 Å². The van der Waals surface area contributed by atoms with Crippen LogP contribution in [0.1, 0.15) is 25.3 Å². The van der Waals surface area contributed by atoms with Gasteiger partial charge in [0.25, 0.3) is 0 Å². The van der Waals surface area contributed by atoms with Crippen LogP contribution in [0.3, 0.4) is 0 Å².